The van der Waals surface area contributed by atoms with Gasteiger partial charge in [0.2, 0.25) is 0 Å². The minimum absolute atomic E-state index is 0.330. The van der Waals surface area contributed by atoms with Crippen molar-refractivity contribution < 1.29 is 14.2 Å². The highest BCUT2D eigenvalue weighted by Crippen LogP contribution is 2.32. The smallest absolute Gasteiger partial charge is 0.142 e. The number of nitrogens with zero attached hydrogens (tertiary/aromatic N) is 1. The largest absolute Gasteiger partial charge is 0.490 e. The Morgan fingerprint density at radius 3 is 2.75 bits per heavy atom. The minimum atomic E-state index is -0.859. The molecule has 20 heavy (non-hydrogen) atoms. The predicted octanol–water partition coefficient (Wildman–Crippen LogP) is 2.76. The van der Waals surface area contributed by atoms with Crippen molar-refractivity contribution in [2.24, 2.45) is 0 Å². The van der Waals surface area contributed by atoms with Gasteiger partial charge in [0.15, 0.2) is 0 Å². The van der Waals surface area contributed by atoms with Crippen LogP contribution in [0.15, 0.2) is 48.5 Å². The van der Waals surface area contributed by atoms with Gasteiger partial charge < -0.3 is 14.7 Å². The van der Waals surface area contributed by atoms with Gasteiger partial charge in [-0.3, -0.25) is 0 Å². The molecule has 1 aliphatic heterocycles. The number of fused-ring (bicyclic) bond motifs is 1. The molecule has 2 aromatic rings. The zero-order valence-electron chi connectivity index (χ0n) is 11.0. The fourth-order valence-corrected chi connectivity index (χ4v) is 2.47. The average molecular weight is 273 g/mol. The Morgan fingerprint density at radius 1 is 1.15 bits per heavy atom. The van der Waals surface area contributed by atoms with E-state index in [1.807, 2.05) is 29.2 Å². The summed E-state index contributed by atoms with van der Waals surface area (Å²) in [6.45, 7) is 1.60. The van der Waals surface area contributed by atoms with Gasteiger partial charge in [-0.1, -0.05) is 30.3 Å². The van der Waals surface area contributed by atoms with E-state index >= 15 is 0 Å². The molecule has 104 valence electrons. The van der Waals surface area contributed by atoms with Crippen molar-refractivity contribution >= 4 is 5.69 Å². The van der Waals surface area contributed by atoms with Crippen LogP contribution in [0.25, 0.3) is 0 Å². The second-order valence-electron chi connectivity index (χ2n) is 4.80. The Morgan fingerprint density at radius 2 is 1.90 bits per heavy atom. The highest BCUT2D eigenvalue weighted by Gasteiger charge is 2.21. The molecule has 0 saturated carbocycles. The molecule has 0 saturated heterocycles. The van der Waals surface area contributed by atoms with Crippen molar-refractivity contribution in [3.05, 3.63) is 59.9 Å². The van der Waals surface area contributed by atoms with Gasteiger partial charge in [0.05, 0.1) is 18.3 Å². The van der Waals surface area contributed by atoms with Gasteiger partial charge in [-0.25, -0.2) is 4.39 Å². The first-order valence-corrected chi connectivity index (χ1v) is 6.65. The van der Waals surface area contributed by atoms with E-state index in [0.717, 1.165) is 11.4 Å². The summed E-state index contributed by atoms with van der Waals surface area (Å²) in [6.07, 6.45) is -0.859. The molecule has 1 N–H and O–H groups in total. The maximum absolute atomic E-state index is 13.7. The first-order chi connectivity index (χ1) is 9.75. The van der Waals surface area contributed by atoms with Crippen molar-refractivity contribution in [2.45, 2.75) is 6.10 Å². The van der Waals surface area contributed by atoms with Crippen LogP contribution in [0.4, 0.5) is 10.1 Å². The molecule has 3 rings (SSSR count). The molecule has 0 bridgehead atoms. The molecule has 1 aliphatic rings. The van der Waals surface area contributed by atoms with Gasteiger partial charge in [-0.05, 0) is 18.2 Å². The molecule has 1 atom stereocenters. The molecule has 4 heteroatoms. The third-order valence-electron chi connectivity index (χ3n) is 3.48. The van der Waals surface area contributed by atoms with E-state index in [1.165, 1.54) is 6.07 Å². The molecule has 3 nitrogen and oxygen atoms in total. The number of hydrogen-bond acceptors (Lipinski definition) is 3. The van der Waals surface area contributed by atoms with Gasteiger partial charge in [0, 0.05) is 12.1 Å². The quantitative estimate of drug-likeness (QED) is 0.933. The molecule has 2 aromatic carbocycles. The second-order valence-corrected chi connectivity index (χ2v) is 4.80. The topological polar surface area (TPSA) is 32.7 Å². The fourth-order valence-electron chi connectivity index (χ4n) is 2.47. The lowest BCUT2D eigenvalue weighted by molar-refractivity contribution is 0.174. The Bertz CT molecular complexity index is 603. The summed E-state index contributed by atoms with van der Waals surface area (Å²) in [5, 5.41) is 10.3. The number of hydrogen-bond donors (Lipinski definition) is 1. The molecule has 0 aromatic heterocycles. The number of benzene rings is 2. The van der Waals surface area contributed by atoms with Crippen LogP contribution in [-0.2, 0) is 0 Å². The lowest BCUT2D eigenvalue weighted by atomic mass is 10.1. The molecular weight excluding hydrogens is 257 g/mol. The van der Waals surface area contributed by atoms with Crippen LogP contribution in [-0.4, -0.2) is 24.8 Å². The molecule has 0 aliphatic carbocycles. The number of aliphatic hydroxyl groups excluding tert-OH is 1. The van der Waals surface area contributed by atoms with Crippen LogP contribution in [0.5, 0.6) is 5.75 Å². The maximum Gasteiger partial charge on any atom is 0.142 e. The summed E-state index contributed by atoms with van der Waals surface area (Å²) < 4.78 is 19.3. The van der Waals surface area contributed by atoms with Crippen LogP contribution in [0.1, 0.15) is 11.7 Å². The van der Waals surface area contributed by atoms with Crippen LogP contribution in [0.2, 0.25) is 0 Å². The minimum Gasteiger partial charge on any atom is -0.490 e. The zero-order valence-corrected chi connectivity index (χ0v) is 11.0. The number of aliphatic hydroxyl groups is 1. The second kappa shape index (κ2) is 5.51. The van der Waals surface area contributed by atoms with Crippen LogP contribution < -0.4 is 9.64 Å². The van der Waals surface area contributed by atoms with E-state index in [-0.39, 0.29) is 5.82 Å². The van der Waals surface area contributed by atoms with Crippen LogP contribution in [0, 0.1) is 5.82 Å². The third-order valence-corrected chi connectivity index (χ3v) is 3.48. The summed E-state index contributed by atoms with van der Waals surface area (Å²) in [5.74, 6) is 0.432. The van der Waals surface area contributed by atoms with Crippen molar-refractivity contribution in [1.82, 2.24) is 0 Å². The number of anilines is 1. The summed E-state index contributed by atoms with van der Waals surface area (Å²) in [7, 11) is 0. The number of rotatable bonds is 3. The van der Waals surface area contributed by atoms with Gasteiger partial charge in [-0.2, -0.15) is 0 Å². The Kier molecular flexibility index (Phi) is 3.56. The summed E-state index contributed by atoms with van der Waals surface area (Å²) in [6, 6.07) is 14.0. The number of para-hydroxylation sites is 2. The van der Waals surface area contributed by atoms with Crippen molar-refractivity contribution in [3.63, 3.8) is 0 Å². The predicted molar refractivity (Wildman–Crippen MR) is 75.5 cm³/mol. The standard InChI is InChI=1S/C16H16FNO2/c17-13-6-2-1-5-12(13)15(19)11-18-9-10-20-16-8-4-3-7-14(16)18/h1-8,15,19H,9-11H2. The number of ether oxygens (including phenoxy) is 1. The van der Waals surface area contributed by atoms with E-state index in [4.69, 9.17) is 4.74 Å². The molecular formula is C16H16FNO2. The zero-order chi connectivity index (χ0) is 13.9. The Labute approximate surface area is 117 Å². The van der Waals surface area contributed by atoms with Crippen molar-refractivity contribution in [2.75, 3.05) is 24.6 Å². The lowest BCUT2D eigenvalue weighted by Crippen LogP contribution is -2.36. The monoisotopic (exact) mass is 273 g/mol. The Balaban J connectivity index is 1.81. The van der Waals surface area contributed by atoms with E-state index < -0.39 is 6.10 Å². The SMILES string of the molecule is OC(CN1CCOc2ccccc21)c1ccccc1F. The first kappa shape index (κ1) is 12.9. The van der Waals surface area contributed by atoms with E-state index in [9.17, 15) is 9.50 Å². The third kappa shape index (κ3) is 2.47. The number of halogens is 1. The Hall–Kier alpha value is -2.07. The van der Waals surface area contributed by atoms with Gasteiger partial charge in [0.25, 0.3) is 0 Å². The van der Waals surface area contributed by atoms with E-state index in [0.29, 0.717) is 25.3 Å². The fraction of sp³-hybridized carbons (Fsp3) is 0.250. The average Bonchev–Trinajstić information content (AvgIpc) is 2.48. The molecule has 1 heterocycles. The van der Waals surface area contributed by atoms with Gasteiger partial charge >= 0.3 is 0 Å². The molecule has 0 amide bonds. The first-order valence-electron chi connectivity index (χ1n) is 6.65. The van der Waals surface area contributed by atoms with Crippen LogP contribution >= 0.6 is 0 Å². The van der Waals surface area contributed by atoms with Gasteiger partial charge in [-0.15, -0.1) is 0 Å². The lowest BCUT2D eigenvalue weighted by Gasteiger charge is -2.32. The van der Waals surface area contributed by atoms with Crippen LogP contribution in [0.3, 0.4) is 0 Å². The van der Waals surface area contributed by atoms with E-state index in [2.05, 4.69) is 0 Å². The normalized spacial score (nSPS) is 15.4. The summed E-state index contributed by atoms with van der Waals surface area (Å²) in [5.41, 5.74) is 1.27. The highest BCUT2D eigenvalue weighted by molar-refractivity contribution is 5.59. The molecule has 1 unspecified atom stereocenters. The van der Waals surface area contributed by atoms with E-state index in [1.54, 1.807) is 18.2 Å². The molecule has 0 fully saturated rings. The van der Waals surface area contributed by atoms with Crippen molar-refractivity contribution in [1.29, 1.82) is 0 Å². The van der Waals surface area contributed by atoms with Crippen molar-refractivity contribution in [3.8, 4) is 5.75 Å². The maximum atomic E-state index is 13.7. The summed E-state index contributed by atoms with van der Waals surface area (Å²) >= 11 is 0. The molecule has 0 spiro atoms. The number of β-amino-alcohol motifs (C(OH)–C–C–N with tert-alkyl or cyclic N) is 1. The highest BCUT2D eigenvalue weighted by atomic mass is 19.1. The summed E-state index contributed by atoms with van der Waals surface area (Å²) in [4.78, 5) is 2.02. The molecule has 0 radical (unpaired) electrons. The van der Waals surface area contributed by atoms with Gasteiger partial charge in [0.1, 0.15) is 18.2 Å².